The van der Waals surface area contributed by atoms with Crippen LogP contribution in [0.15, 0.2) is 84.9 Å². The summed E-state index contributed by atoms with van der Waals surface area (Å²) in [7, 11) is 6.82. The first kappa shape index (κ1) is 30.9. The molecule has 240 valence electrons. The van der Waals surface area contributed by atoms with Crippen molar-refractivity contribution in [3.63, 3.8) is 0 Å². The second-order valence-corrected chi connectivity index (χ2v) is 14.9. The molecule has 0 saturated heterocycles. The molecular formula is C43H44O4. The Morgan fingerprint density at radius 2 is 0.766 bits per heavy atom. The molecule has 5 aromatic carbocycles. The molecule has 47 heavy (non-hydrogen) atoms. The third-order valence-electron chi connectivity index (χ3n) is 10.2. The van der Waals surface area contributed by atoms with Crippen LogP contribution < -0.4 is 18.9 Å². The van der Waals surface area contributed by atoms with Gasteiger partial charge in [0.2, 0.25) is 0 Å². The van der Waals surface area contributed by atoms with Gasteiger partial charge in [0, 0.05) is 0 Å². The van der Waals surface area contributed by atoms with Crippen molar-refractivity contribution in [2.75, 3.05) is 28.4 Å². The van der Waals surface area contributed by atoms with Gasteiger partial charge in [-0.25, -0.2) is 0 Å². The average molecular weight is 625 g/mol. The van der Waals surface area contributed by atoms with Crippen LogP contribution in [0.2, 0.25) is 0 Å². The second kappa shape index (κ2) is 10.7. The molecule has 5 aromatic rings. The minimum atomic E-state index is -0.628. The Morgan fingerprint density at radius 3 is 1.23 bits per heavy atom. The minimum absolute atomic E-state index is 0.0428. The topological polar surface area (TPSA) is 36.9 Å². The average Bonchev–Trinajstić information content (AvgIpc) is 3.51. The first-order valence-electron chi connectivity index (χ1n) is 16.3. The number of ether oxygens (including phenoxy) is 4. The van der Waals surface area contributed by atoms with Crippen LogP contribution >= 0.6 is 0 Å². The van der Waals surface area contributed by atoms with E-state index in [2.05, 4.69) is 126 Å². The van der Waals surface area contributed by atoms with Gasteiger partial charge in [-0.15, -0.1) is 0 Å². The summed E-state index contributed by atoms with van der Waals surface area (Å²) in [5.74, 6) is 2.84. The van der Waals surface area contributed by atoms with E-state index >= 15 is 0 Å². The van der Waals surface area contributed by atoms with Gasteiger partial charge in [-0.1, -0.05) is 96.1 Å². The summed E-state index contributed by atoms with van der Waals surface area (Å²) in [5, 5.41) is 0. The Morgan fingerprint density at radius 1 is 0.383 bits per heavy atom. The van der Waals surface area contributed by atoms with Crippen LogP contribution in [-0.2, 0) is 16.2 Å². The lowest BCUT2D eigenvalue weighted by atomic mass is 9.69. The summed E-state index contributed by atoms with van der Waals surface area (Å²) in [6.07, 6.45) is 0. The van der Waals surface area contributed by atoms with Crippen molar-refractivity contribution < 1.29 is 18.9 Å². The standard InChI is InChI=1S/C43H44O4/c1-41(2,3)27-14-11-25(12-15-27)26-13-17-29-31-21-37(44-7)39(46-9)23-35(31)43(33(29)19-26)34-20-28(42(4,5)6)16-18-30(34)32-22-38(45-8)40(47-10)24-36(32)43/h11-24H,1-10H3. The van der Waals surface area contributed by atoms with Gasteiger partial charge >= 0.3 is 0 Å². The largest absolute Gasteiger partial charge is 0.493 e. The van der Waals surface area contributed by atoms with Crippen molar-refractivity contribution >= 4 is 0 Å². The lowest BCUT2D eigenvalue weighted by Crippen LogP contribution is -2.27. The van der Waals surface area contributed by atoms with Crippen LogP contribution in [-0.4, -0.2) is 28.4 Å². The van der Waals surface area contributed by atoms with Crippen molar-refractivity contribution in [3.8, 4) is 56.4 Å². The van der Waals surface area contributed by atoms with Crippen LogP contribution in [0.4, 0.5) is 0 Å². The Bertz CT molecular complexity index is 2020. The Kier molecular flexibility index (Phi) is 7.02. The van der Waals surface area contributed by atoms with E-state index in [0.29, 0.717) is 23.0 Å². The molecule has 0 N–H and O–H groups in total. The van der Waals surface area contributed by atoms with Crippen LogP contribution in [0.5, 0.6) is 23.0 Å². The van der Waals surface area contributed by atoms with E-state index in [1.54, 1.807) is 28.4 Å². The molecule has 0 bridgehead atoms. The molecule has 4 heteroatoms. The predicted molar refractivity (Wildman–Crippen MR) is 192 cm³/mol. The van der Waals surface area contributed by atoms with E-state index in [1.807, 2.05) is 0 Å². The zero-order valence-corrected chi connectivity index (χ0v) is 29.2. The highest BCUT2D eigenvalue weighted by molar-refractivity contribution is 5.97. The highest BCUT2D eigenvalue weighted by Crippen LogP contribution is 2.65. The Balaban J connectivity index is 1.61. The van der Waals surface area contributed by atoms with Gasteiger partial charge in [0.15, 0.2) is 23.0 Å². The van der Waals surface area contributed by atoms with Crippen molar-refractivity contribution in [3.05, 3.63) is 118 Å². The molecule has 0 heterocycles. The Labute approximate surface area is 279 Å². The molecule has 0 aliphatic heterocycles. The maximum absolute atomic E-state index is 5.96. The summed E-state index contributed by atoms with van der Waals surface area (Å²) < 4.78 is 23.6. The van der Waals surface area contributed by atoms with Gasteiger partial charge in [-0.05, 0) is 108 Å². The molecule has 0 aromatic heterocycles. The summed E-state index contributed by atoms with van der Waals surface area (Å²) >= 11 is 0. The summed E-state index contributed by atoms with van der Waals surface area (Å²) in [4.78, 5) is 0. The lowest BCUT2D eigenvalue weighted by Gasteiger charge is -2.32. The number of fused-ring (bicyclic) bond motifs is 10. The molecule has 2 aliphatic carbocycles. The van der Waals surface area contributed by atoms with Crippen LogP contribution in [0.25, 0.3) is 33.4 Å². The van der Waals surface area contributed by atoms with Gasteiger partial charge < -0.3 is 18.9 Å². The molecule has 0 radical (unpaired) electrons. The molecule has 4 nitrogen and oxygen atoms in total. The first-order chi connectivity index (χ1) is 22.4. The van der Waals surface area contributed by atoms with Crippen molar-refractivity contribution in [1.29, 1.82) is 0 Å². The summed E-state index contributed by atoms with van der Waals surface area (Å²) in [6.45, 7) is 13.6. The molecule has 2 aliphatic rings. The zero-order chi connectivity index (χ0) is 33.5. The molecule has 0 amide bonds. The third-order valence-corrected chi connectivity index (χ3v) is 10.2. The Hall–Kier alpha value is -4.70. The molecule has 7 rings (SSSR count). The molecule has 0 saturated carbocycles. The fraction of sp³-hybridized carbons (Fsp3) is 0.302. The van der Waals surface area contributed by atoms with Gasteiger partial charge in [0.25, 0.3) is 0 Å². The van der Waals surface area contributed by atoms with Crippen molar-refractivity contribution in [1.82, 2.24) is 0 Å². The molecule has 1 spiro atoms. The van der Waals surface area contributed by atoms with E-state index in [9.17, 15) is 0 Å². The predicted octanol–water partition coefficient (Wildman–Crippen LogP) is 10.3. The number of methoxy groups -OCH3 is 4. The summed E-state index contributed by atoms with van der Waals surface area (Å²) in [5.41, 5.74) is 13.9. The van der Waals surface area contributed by atoms with E-state index in [1.165, 1.54) is 55.6 Å². The van der Waals surface area contributed by atoms with E-state index in [0.717, 1.165) is 11.1 Å². The summed E-state index contributed by atoms with van der Waals surface area (Å²) in [6, 6.07) is 31.6. The second-order valence-electron chi connectivity index (χ2n) is 14.9. The van der Waals surface area contributed by atoms with E-state index < -0.39 is 5.41 Å². The quantitative estimate of drug-likeness (QED) is 0.191. The smallest absolute Gasteiger partial charge is 0.161 e. The monoisotopic (exact) mass is 624 g/mol. The van der Waals surface area contributed by atoms with Gasteiger partial charge in [0.1, 0.15) is 0 Å². The normalized spacial score (nSPS) is 16.0. The maximum Gasteiger partial charge on any atom is 0.161 e. The highest BCUT2D eigenvalue weighted by atomic mass is 16.5. The maximum atomic E-state index is 5.96. The van der Waals surface area contributed by atoms with Gasteiger partial charge in [0.05, 0.1) is 33.9 Å². The number of hydrogen-bond acceptors (Lipinski definition) is 4. The third kappa shape index (κ3) is 4.48. The molecule has 0 fully saturated rings. The van der Waals surface area contributed by atoms with E-state index in [4.69, 9.17) is 18.9 Å². The minimum Gasteiger partial charge on any atom is -0.493 e. The number of hydrogen-bond donors (Lipinski definition) is 0. The van der Waals surface area contributed by atoms with E-state index in [-0.39, 0.29) is 10.8 Å². The van der Waals surface area contributed by atoms with Crippen LogP contribution in [0.3, 0.4) is 0 Å². The SMILES string of the molecule is COc1cc2c(cc1OC)C1(c3cc(-c4ccc(C(C)(C)C)cc4)ccc3-2)c2cc(C(C)(C)C)ccc2-c2cc(OC)c(OC)cc21. The molecule has 1 atom stereocenters. The van der Waals surface area contributed by atoms with Gasteiger partial charge in [-0.2, -0.15) is 0 Å². The number of benzene rings is 5. The fourth-order valence-electron chi connectivity index (χ4n) is 7.68. The molecule has 1 unspecified atom stereocenters. The highest BCUT2D eigenvalue weighted by Gasteiger charge is 2.53. The number of rotatable bonds is 5. The van der Waals surface area contributed by atoms with Crippen LogP contribution in [0.1, 0.15) is 74.9 Å². The van der Waals surface area contributed by atoms with Crippen molar-refractivity contribution in [2.45, 2.75) is 57.8 Å². The van der Waals surface area contributed by atoms with Crippen molar-refractivity contribution in [2.24, 2.45) is 0 Å². The fourth-order valence-corrected chi connectivity index (χ4v) is 7.68. The first-order valence-corrected chi connectivity index (χ1v) is 16.3. The molecular weight excluding hydrogens is 580 g/mol. The van der Waals surface area contributed by atoms with Crippen LogP contribution in [0, 0.1) is 0 Å². The lowest BCUT2D eigenvalue weighted by molar-refractivity contribution is 0.354. The zero-order valence-electron chi connectivity index (χ0n) is 29.2. The van der Waals surface area contributed by atoms with Gasteiger partial charge in [-0.3, -0.25) is 0 Å².